The van der Waals surface area contributed by atoms with Gasteiger partial charge in [0.15, 0.2) is 11.5 Å². The van der Waals surface area contributed by atoms with Crippen molar-refractivity contribution in [2.24, 2.45) is 7.05 Å². The summed E-state index contributed by atoms with van der Waals surface area (Å²) in [5, 5.41) is 8.97. The Hall–Kier alpha value is -2.61. The number of nitrogens with one attached hydrogen (secondary N) is 2. The van der Waals surface area contributed by atoms with Crippen molar-refractivity contribution in [3.8, 4) is 22.8 Å². The Balaban J connectivity index is 2.23. The van der Waals surface area contributed by atoms with E-state index in [1.165, 1.54) is 16.6 Å². The fourth-order valence-corrected chi connectivity index (χ4v) is 2.85. The minimum atomic E-state index is -0.196. The highest BCUT2D eigenvalue weighted by molar-refractivity contribution is 8.03. The van der Waals surface area contributed by atoms with Crippen molar-refractivity contribution in [3.63, 3.8) is 0 Å². The first kappa shape index (κ1) is 16.3. The molecule has 2 heterocycles. The second kappa shape index (κ2) is 6.88. The summed E-state index contributed by atoms with van der Waals surface area (Å²) in [4.78, 5) is 12.1. The van der Waals surface area contributed by atoms with E-state index in [0.29, 0.717) is 36.1 Å². The highest BCUT2D eigenvalue weighted by atomic mass is 32.2. The highest BCUT2D eigenvalue weighted by Gasteiger charge is 2.23. The molecule has 3 rings (SSSR count). The first-order valence-corrected chi connectivity index (χ1v) is 8.25. The van der Waals surface area contributed by atoms with Gasteiger partial charge in [-0.25, -0.2) is 4.68 Å². The summed E-state index contributed by atoms with van der Waals surface area (Å²) in [5.74, 6) is 1.27. The number of aromatic nitrogens is 2. The van der Waals surface area contributed by atoms with Gasteiger partial charge in [0.1, 0.15) is 18.9 Å². The van der Waals surface area contributed by atoms with Crippen molar-refractivity contribution in [3.05, 3.63) is 40.5 Å². The van der Waals surface area contributed by atoms with Gasteiger partial charge >= 0.3 is 0 Å². The van der Waals surface area contributed by atoms with Crippen LogP contribution in [0.25, 0.3) is 11.3 Å². The third-order valence-corrected chi connectivity index (χ3v) is 4.05. The largest absolute Gasteiger partial charge is 0.486 e. The third-order valence-electron chi connectivity index (χ3n) is 3.55. The molecule has 0 fully saturated rings. The van der Waals surface area contributed by atoms with Crippen molar-refractivity contribution in [2.45, 2.75) is 0 Å². The van der Waals surface area contributed by atoms with Crippen LogP contribution in [0, 0.1) is 0 Å². The molecule has 1 aliphatic rings. The van der Waals surface area contributed by atoms with Crippen molar-refractivity contribution in [1.29, 1.82) is 0 Å². The lowest BCUT2D eigenvalue weighted by molar-refractivity contribution is 0.172. The number of aryl methyl sites for hydroxylation is 1. The number of ether oxygens (including phenoxy) is 2. The van der Waals surface area contributed by atoms with Crippen molar-refractivity contribution < 1.29 is 9.47 Å². The molecule has 0 atom stereocenters. The summed E-state index contributed by atoms with van der Waals surface area (Å²) < 4.78 is 16.0. The smallest absolute Gasteiger partial charge is 0.289 e. The van der Waals surface area contributed by atoms with E-state index in [0.717, 1.165) is 11.3 Å². The summed E-state index contributed by atoms with van der Waals surface area (Å²) >= 11 is 1.34. The summed E-state index contributed by atoms with van der Waals surface area (Å²) in [6.07, 6.45) is 0. The van der Waals surface area contributed by atoms with Gasteiger partial charge in [-0.2, -0.15) is 5.10 Å². The Morgan fingerprint density at radius 3 is 2.88 bits per heavy atom. The summed E-state index contributed by atoms with van der Waals surface area (Å²) in [6, 6.07) is 5.45. The molecule has 8 heteroatoms. The second-order valence-electron chi connectivity index (χ2n) is 5.02. The molecule has 2 N–H and O–H groups in total. The van der Waals surface area contributed by atoms with Crippen LogP contribution in [0.1, 0.15) is 0 Å². The number of hydrogen-bond acceptors (Lipinski definition) is 7. The number of benzene rings is 1. The molecule has 1 aliphatic heterocycles. The second-order valence-corrected chi connectivity index (χ2v) is 5.79. The molecule has 0 saturated carbocycles. The summed E-state index contributed by atoms with van der Waals surface area (Å²) in [6.45, 7) is 4.66. The molecule has 1 aromatic heterocycles. The van der Waals surface area contributed by atoms with E-state index in [-0.39, 0.29) is 5.56 Å². The molecule has 0 unspecified atom stereocenters. The lowest BCUT2D eigenvalue weighted by Gasteiger charge is -2.23. The van der Waals surface area contributed by atoms with E-state index in [1.54, 1.807) is 25.6 Å². The summed E-state index contributed by atoms with van der Waals surface area (Å²) in [7, 11) is 3.32. The fraction of sp³-hybridized carbons (Fsp3) is 0.250. The number of nitrogens with zero attached hydrogens (tertiary/aromatic N) is 2. The van der Waals surface area contributed by atoms with Crippen LogP contribution in [0.2, 0.25) is 0 Å². The lowest BCUT2D eigenvalue weighted by atomic mass is 10.1. The Labute approximate surface area is 143 Å². The minimum Gasteiger partial charge on any atom is -0.486 e. The zero-order valence-electron chi connectivity index (χ0n) is 13.5. The minimum absolute atomic E-state index is 0.196. The number of rotatable bonds is 5. The molecule has 1 aromatic carbocycles. The van der Waals surface area contributed by atoms with Crippen LogP contribution in [0.5, 0.6) is 11.5 Å². The average Bonchev–Trinajstić information content (AvgIpc) is 2.61. The van der Waals surface area contributed by atoms with Crippen LogP contribution in [-0.2, 0) is 7.05 Å². The van der Waals surface area contributed by atoms with E-state index in [1.807, 2.05) is 12.1 Å². The molecular formula is C16H18N4O3S. The van der Waals surface area contributed by atoms with Crippen LogP contribution in [0.3, 0.4) is 0 Å². The highest BCUT2D eigenvalue weighted by Crippen LogP contribution is 2.44. The van der Waals surface area contributed by atoms with Gasteiger partial charge in [0, 0.05) is 14.1 Å². The van der Waals surface area contributed by atoms with Gasteiger partial charge in [-0.1, -0.05) is 6.58 Å². The van der Waals surface area contributed by atoms with Crippen LogP contribution in [0.15, 0.2) is 35.0 Å². The zero-order valence-corrected chi connectivity index (χ0v) is 14.3. The molecule has 7 nitrogen and oxygen atoms in total. The monoisotopic (exact) mass is 346 g/mol. The van der Waals surface area contributed by atoms with E-state index in [4.69, 9.17) is 9.47 Å². The van der Waals surface area contributed by atoms with E-state index < -0.39 is 0 Å². The van der Waals surface area contributed by atoms with Gasteiger partial charge in [-0.15, -0.1) is 0 Å². The van der Waals surface area contributed by atoms with Gasteiger partial charge in [-0.05, 0) is 35.6 Å². The number of fused-ring (bicyclic) bond motifs is 1. The van der Waals surface area contributed by atoms with Gasteiger partial charge in [0.2, 0.25) is 0 Å². The standard InChI is InChI=1S/C16H18N4O3S/c1-4-24-19-10-5-6-13-15(23-8-7-22-13)14(10)11-9-12(17-2)16(21)20(3)18-11/h4-6,9,17,19H,1,7-8H2,2-3H3. The summed E-state index contributed by atoms with van der Waals surface area (Å²) in [5.41, 5.74) is 2.42. The average molecular weight is 346 g/mol. The molecule has 0 radical (unpaired) electrons. The predicted octanol–water partition coefficient (Wildman–Crippen LogP) is 2.46. The van der Waals surface area contributed by atoms with Crippen molar-refractivity contribution in [2.75, 3.05) is 30.3 Å². The van der Waals surface area contributed by atoms with E-state index >= 15 is 0 Å². The maximum absolute atomic E-state index is 12.1. The first-order valence-electron chi connectivity index (χ1n) is 7.37. The van der Waals surface area contributed by atoms with Crippen LogP contribution in [0.4, 0.5) is 11.4 Å². The SMILES string of the molecule is C=CSNc1ccc2c(c1-c1cc(NC)c(=O)n(C)n1)OCCO2. The van der Waals surface area contributed by atoms with Crippen molar-refractivity contribution >= 4 is 23.3 Å². The lowest BCUT2D eigenvalue weighted by Crippen LogP contribution is -2.23. The zero-order chi connectivity index (χ0) is 17.1. The third kappa shape index (κ3) is 2.92. The molecule has 24 heavy (non-hydrogen) atoms. The van der Waals surface area contributed by atoms with Gasteiger partial charge in [0.05, 0.1) is 16.9 Å². The van der Waals surface area contributed by atoms with Gasteiger partial charge in [-0.3, -0.25) is 4.79 Å². The van der Waals surface area contributed by atoms with Crippen molar-refractivity contribution in [1.82, 2.24) is 9.78 Å². The molecule has 0 bridgehead atoms. The Morgan fingerprint density at radius 1 is 1.33 bits per heavy atom. The van der Waals surface area contributed by atoms with Crippen LogP contribution >= 0.6 is 11.9 Å². The molecule has 0 amide bonds. The van der Waals surface area contributed by atoms with Gasteiger partial charge in [0.25, 0.3) is 5.56 Å². The van der Waals surface area contributed by atoms with Crippen LogP contribution < -0.4 is 25.1 Å². The Morgan fingerprint density at radius 2 is 2.12 bits per heavy atom. The first-order chi connectivity index (χ1) is 11.7. The Bertz CT molecular complexity index is 835. The maximum atomic E-state index is 12.1. The molecule has 2 aromatic rings. The topological polar surface area (TPSA) is 77.4 Å². The molecule has 0 aliphatic carbocycles. The predicted molar refractivity (Wildman–Crippen MR) is 96.9 cm³/mol. The normalized spacial score (nSPS) is 12.6. The molecular weight excluding hydrogens is 328 g/mol. The molecule has 126 valence electrons. The Kier molecular flexibility index (Phi) is 4.66. The fourth-order valence-electron chi connectivity index (χ4n) is 2.47. The van der Waals surface area contributed by atoms with E-state index in [9.17, 15) is 4.79 Å². The molecule has 0 spiro atoms. The van der Waals surface area contributed by atoms with E-state index in [2.05, 4.69) is 21.7 Å². The molecule has 0 saturated heterocycles. The van der Waals surface area contributed by atoms with Gasteiger partial charge < -0.3 is 19.5 Å². The number of anilines is 2. The maximum Gasteiger partial charge on any atom is 0.289 e. The number of hydrogen-bond donors (Lipinski definition) is 2. The quantitative estimate of drug-likeness (QED) is 0.805. The van der Waals surface area contributed by atoms with Crippen LogP contribution in [-0.4, -0.2) is 30.0 Å².